The van der Waals surface area contributed by atoms with Crippen LogP contribution in [0.4, 0.5) is 26.7 Å². The number of alkyl halides is 5. The Kier molecular flexibility index (Phi) is 5.11. The zero-order chi connectivity index (χ0) is 17.2. The van der Waals surface area contributed by atoms with E-state index in [1.54, 1.807) is 6.92 Å². The van der Waals surface area contributed by atoms with E-state index in [2.05, 4.69) is 10.6 Å². The van der Waals surface area contributed by atoms with Crippen LogP contribution >= 0.6 is 0 Å². The summed E-state index contributed by atoms with van der Waals surface area (Å²) in [6.45, 7) is 1.55. The van der Waals surface area contributed by atoms with Gasteiger partial charge in [0, 0.05) is 12.0 Å². The lowest BCUT2D eigenvalue weighted by molar-refractivity contribution is -0.137. The Labute approximate surface area is 130 Å². The maximum Gasteiger partial charge on any atom is 0.416 e. The van der Waals surface area contributed by atoms with Gasteiger partial charge in [0.05, 0.1) is 11.6 Å². The SMILES string of the molecule is CC(NC(=O)NC1CC(C(F)F)C1)c1cccc(C(F)(F)F)c1. The fourth-order valence-corrected chi connectivity index (χ4v) is 2.48. The molecule has 1 aromatic carbocycles. The molecule has 1 unspecified atom stereocenters. The van der Waals surface area contributed by atoms with Gasteiger partial charge in [-0.25, -0.2) is 13.6 Å². The van der Waals surface area contributed by atoms with Gasteiger partial charge in [-0.15, -0.1) is 0 Å². The first kappa shape index (κ1) is 17.5. The summed E-state index contributed by atoms with van der Waals surface area (Å²) in [7, 11) is 0. The number of carbonyl (C=O) groups excluding carboxylic acids is 1. The van der Waals surface area contributed by atoms with Gasteiger partial charge in [-0.1, -0.05) is 12.1 Å². The molecule has 23 heavy (non-hydrogen) atoms. The second-order valence-corrected chi connectivity index (χ2v) is 5.73. The van der Waals surface area contributed by atoms with Crippen molar-refractivity contribution in [3.8, 4) is 0 Å². The Morgan fingerprint density at radius 3 is 2.48 bits per heavy atom. The first-order valence-corrected chi connectivity index (χ1v) is 7.19. The minimum atomic E-state index is -4.45. The van der Waals surface area contributed by atoms with Crippen LogP contribution in [0.5, 0.6) is 0 Å². The summed E-state index contributed by atoms with van der Waals surface area (Å²) in [4.78, 5) is 11.8. The van der Waals surface area contributed by atoms with E-state index in [9.17, 15) is 26.7 Å². The second kappa shape index (κ2) is 6.72. The van der Waals surface area contributed by atoms with Gasteiger partial charge in [0.15, 0.2) is 0 Å². The Hall–Kier alpha value is -1.86. The average molecular weight is 336 g/mol. The van der Waals surface area contributed by atoms with Crippen molar-refractivity contribution in [2.75, 3.05) is 0 Å². The number of nitrogens with one attached hydrogen (secondary N) is 2. The lowest BCUT2D eigenvalue weighted by Gasteiger charge is -2.35. The number of carbonyl (C=O) groups is 1. The molecule has 8 heteroatoms. The third kappa shape index (κ3) is 4.56. The largest absolute Gasteiger partial charge is 0.416 e. The molecule has 2 rings (SSSR count). The Morgan fingerprint density at radius 2 is 1.91 bits per heavy atom. The van der Waals surface area contributed by atoms with Gasteiger partial charge in [0.25, 0.3) is 0 Å². The summed E-state index contributed by atoms with van der Waals surface area (Å²) in [5.74, 6) is -0.693. The summed E-state index contributed by atoms with van der Waals surface area (Å²) in [5.41, 5.74) is -0.475. The Balaban J connectivity index is 1.87. The molecule has 128 valence electrons. The first-order chi connectivity index (χ1) is 10.7. The van der Waals surface area contributed by atoms with Crippen LogP contribution in [0.25, 0.3) is 0 Å². The molecule has 0 bridgehead atoms. The van der Waals surface area contributed by atoms with Crippen molar-refractivity contribution >= 4 is 6.03 Å². The predicted molar refractivity (Wildman–Crippen MR) is 74.0 cm³/mol. The molecule has 2 amide bonds. The molecular formula is C15H17F5N2O. The smallest absolute Gasteiger partial charge is 0.335 e. The van der Waals surface area contributed by atoms with Crippen molar-refractivity contribution in [2.45, 2.75) is 44.5 Å². The van der Waals surface area contributed by atoms with Gasteiger partial charge in [-0.2, -0.15) is 13.2 Å². The van der Waals surface area contributed by atoms with Crippen molar-refractivity contribution in [1.29, 1.82) is 0 Å². The maximum atomic E-state index is 12.7. The Morgan fingerprint density at radius 1 is 1.26 bits per heavy atom. The third-order valence-electron chi connectivity index (χ3n) is 3.93. The standard InChI is InChI=1S/C15H17F5N2O/c1-8(9-3-2-4-11(5-9)15(18,19)20)21-14(23)22-12-6-10(7-12)13(16)17/h2-5,8,10,12-13H,6-7H2,1H3,(H2,21,22,23). The molecule has 0 radical (unpaired) electrons. The van der Waals surface area contributed by atoms with E-state index < -0.39 is 36.2 Å². The van der Waals surface area contributed by atoms with E-state index in [1.807, 2.05) is 0 Å². The van der Waals surface area contributed by atoms with Crippen molar-refractivity contribution in [2.24, 2.45) is 5.92 Å². The van der Waals surface area contributed by atoms with E-state index in [0.717, 1.165) is 12.1 Å². The monoisotopic (exact) mass is 336 g/mol. The van der Waals surface area contributed by atoms with Gasteiger partial charge in [-0.05, 0) is 37.5 Å². The van der Waals surface area contributed by atoms with E-state index in [4.69, 9.17) is 0 Å². The number of hydrogen-bond donors (Lipinski definition) is 2. The summed E-state index contributed by atoms with van der Waals surface area (Å²) >= 11 is 0. The van der Waals surface area contributed by atoms with Crippen LogP contribution in [0.3, 0.4) is 0 Å². The minimum Gasteiger partial charge on any atom is -0.335 e. The molecular weight excluding hydrogens is 319 g/mol. The molecule has 1 atom stereocenters. The maximum absolute atomic E-state index is 12.7. The summed E-state index contributed by atoms with van der Waals surface area (Å²) in [6, 6.07) is 3.15. The summed E-state index contributed by atoms with van der Waals surface area (Å²) in [6.07, 6.45) is -6.42. The lowest BCUT2D eigenvalue weighted by Crippen LogP contribution is -2.50. The molecule has 1 saturated carbocycles. The molecule has 1 aliphatic rings. The summed E-state index contributed by atoms with van der Waals surface area (Å²) in [5, 5.41) is 5.05. The van der Waals surface area contributed by atoms with E-state index in [-0.39, 0.29) is 18.9 Å². The molecule has 1 aliphatic carbocycles. The highest BCUT2D eigenvalue weighted by molar-refractivity contribution is 5.74. The topological polar surface area (TPSA) is 41.1 Å². The van der Waals surface area contributed by atoms with E-state index in [1.165, 1.54) is 12.1 Å². The average Bonchev–Trinajstić information content (AvgIpc) is 2.41. The molecule has 0 spiro atoms. The van der Waals surface area contributed by atoms with Gasteiger partial charge >= 0.3 is 12.2 Å². The lowest BCUT2D eigenvalue weighted by atomic mass is 9.80. The van der Waals surface area contributed by atoms with Gasteiger partial charge < -0.3 is 10.6 Å². The summed E-state index contributed by atoms with van der Waals surface area (Å²) < 4.78 is 62.7. The molecule has 0 saturated heterocycles. The van der Waals surface area contributed by atoms with Crippen molar-refractivity contribution in [1.82, 2.24) is 10.6 Å². The van der Waals surface area contributed by atoms with Crippen LogP contribution in [-0.4, -0.2) is 18.5 Å². The third-order valence-corrected chi connectivity index (χ3v) is 3.93. The number of hydrogen-bond acceptors (Lipinski definition) is 1. The normalized spacial score (nSPS) is 22.4. The first-order valence-electron chi connectivity index (χ1n) is 7.19. The number of amides is 2. The fraction of sp³-hybridized carbons (Fsp3) is 0.533. The molecule has 1 aromatic rings. The number of halogens is 5. The molecule has 3 nitrogen and oxygen atoms in total. The van der Waals surface area contributed by atoms with E-state index >= 15 is 0 Å². The minimum absolute atomic E-state index is 0.211. The molecule has 2 N–H and O–H groups in total. The number of benzene rings is 1. The predicted octanol–water partition coefficient (Wildman–Crippen LogP) is 4.11. The van der Waals surface area contributed by atoms with Crippen LogP contribution in [0.15, 0.2) is 24.3 Å². The van der Waals surface area contributed by atoms with Crippen LogP contribution in [0, 0.1) is 5.92 Å². The van der Waals surface area contributed by atoms with Crippen molar-refractivity contribution in [3.05, 3.63) is 35.4 Å². The second-order valence-electron chi connectivity index (χ2n) is 5.73. The van der Waals surface area contributed by atoms with Crippen molar-refractivity contribution in [3.63, 3.8) is 0 Å². The molecule has 0 aromatic heterocycles. The highest BCUT2D eigenvalue weighted by atomic mass is 19.4. The van der Waals surface area contributed by atoms with Crippen molar-refractivity contribution < 1.29 is 26.7 Å². The van der Waals surface area contributed by atoms with Crippen LogP contribution < -0.4 is 10.6 Å². The van der Waals surface area contributed by atoms with E-state index in [0.29, 0.717) is 5.56 Å². The molecule has 0 aliphatic heterocycles. The number of rotatable bonds is 4. The number of urea groups is 1. The molecule has 0 heterocycles. The highest BCUT2D eigenvalue weighted by Crippen LogP contribution is 2.33. The fourth-order valence-electron chi connectivity index (χ4n) is 2.48. The van der Waals surface area contributed by atoms with Gasteiger partial charge in [-0.3, -0.25) is 0 Å². The zero-order valence-corrected chi connectivity index (χ0v) is 12.3. The van der Waals surface area contributed by atoms with Gasteiger partial charge in [0.2, 0.25) is 6.43 Å². The highest BCUT2D eigenvalue weighted by Gasteiger charge is 2.36. The zero-order valence-electron chi connectivity index (χ0n) is 12.3. The quantitative estimate of drug-likeness (QED) is 0.798. The van der Waals surface area contributed by atoms with Gasteiger partial charge in [0.1, 0.15) is 0 Å². The Bertz CT molecular complexity index is 555. The molecule has 1 fully saturated rings. The van der Waals surface area contributed by atoms with Crippen LogP contribution in [-0.2, 0) is 6.18 Å². The van der Waals surface area contributed by atoms with Crippen LogP contribution in [0.2, 0.25) is 0 Å². The van der Waals surface area contributed by atoms with Crippen LogP contribution in [0.1, 0.15) is 36.9 Å².